The molecule has 0 unspecified atom stereocenters. The van der Waals surface area contributed by atoms with Gasteiger partial charge in [-0.1, -0.05) is 12.1 Å². The molecule has 3 heterocycles. The molecule has 0 bridgehead atoms. The molecule has 4 rings (SSSR count). The number of aromatic nitrogens is 4. The van der Waals surface area contributed by atoms with E-state index in [4.69, 9.17) is 0 Å². The fourth-order valence-corrected chi connectivity index (χ4v) is 3.98. The van der Waals surface area contributed by atoms with Gasteiger partial charge in [0.2, 0.25) is 0 Å². The van der Waals surface area contributed by atoms with E-state index in [0.29, 0.717) is 16.1 Å². The minimum absolute atomic E-state index is 0.224. The Morgan fingerprint density at radius 3 is 2.86 bits per heavy atom. The summed E-state index contributed by atoms with van der Waals surface area (Å²) in [6.07, 6.45) is 1.44. The number of halogens is 2. The number of rotatable bonds is 3. The van der Waals surface area contributed by atoms with Crippen molar-refractivity contribution in [2.75, 3.05) is 0 Å². The highest BCUT2D eigenvalue weighted by Gasteiger charge is 2.19. The number of alkyl halides is 2. The maximum absolute atomic E-state index is 13.4. The molecule has 0 aliphatic heterocycles. The van der Waals surface area contributed by atoms with Gasteiger partial charge in [-0.05, 0) is 35.3 Å². The molecule has 22 heavy (non-hydrogen) atoms. The topological polar surface area (TPSA) is 43.6 Å². The molecule has 0 N–H and O–H groups in total. The van der Waals surface area contributed by atoms with Crippen LogP contribution in [0.5, 0.6) is 0 Å². The Bertz CT molecular complexity index is 964. The van der Waals surface area contributed by atoms with E-state index in [2.05, 4.69) is 15.0 Å². The lowest BCUT2D eigenvalue weighted by Crippen LogP contribution is -2.00. The Labute approximate surface area is 131 Å². The molecule has 4 aromatic rings. The third-order valence-corrected chi connectivity index (χ3v) is 4.98. The number of thiophene rings is 1. The van der Waals surface area contributed by atoms with Crippen LogP contribution in [0.15, 0.2) is 52.2 Å². The Morgan fingerprint density at radius 2 is 2.00 bits per heavy atom. The van der Waals surface area contributed by atoms with E-state index in [1.54, 1.807) is 24.3 Å². The van der Waals surface area contributed by atoms with Crippen LogP contribution in [0.2, 0.25) is 0 Å². The number of imidazole rings is 1. The molecule has 0 saturated carbocycles. The van der Waals surface area contributed by atoms with Crippen molar-refractivity contribution in [3.8, 4) is 0 Å². The molecule has 0 spiro atoms. The molecule has 1 aromatic carbocycles. The number of para-hydroxylation sites is 2. The monoisotopic (exact) mass is 334 g/mol. The van der Waals surface area contributed by atoms with Crippen LogP contribution in [0.3, 0.4) is 0 Å². The fourth-order valence-electron chi connectivity index (χ4n) is 2.22. The van der Waals surface area contributed by atoms with Crippen LogP contribution in [-0.4, -0.2) is 19.5 Å². The predicted molar refractivity (Wildman–Crippen MR) is 82.5 cm³/mol. The number of nitrogens with zero attached hydrogens (tertiary/aromatic N) is 4. The average molecular weight is 334 g/mol. The highest BCUT2D eigenvalue weighted by atomic mass is 32.2. The standard InChI is InChI=1S/C14H8F2N4S2/c15-13(16)20-10-4-2-1-3-9(10)19-14(20)22-12-8-5-6-21-11(8)17-7-18-12/h1-7,13H. The first-order valence-corrected chi connectivity index (χ1v) is 8.05. The number of benzene rings is 1. The summed E-state index contributed by atoms with van der Waals surface area (Å²) in [5.74, 6) is 0. The van der Waals surface area contributed by atoms with E-state index in [0.717, 1.165) is 26.5 Å². The maximum Gasteiger partial charge on any atom is 0.321 e. The summed E-state index contributed by atoms with van der Waals surface area (Å²) in [4.78, 5) is 13.5. The molecule has 8 heteroatoms. The van der Waals surface area contributed by atoms with Gasteiger partial charge in [-0.25, -0.2) is 15.0 Å². The fraction of sp³-hybridized carbons (Fsp3) is 0.0714. The molecule has 3 aromatic heterocycles. The zero-order valence-electron chi connectivity index (χ0n) is 11.0. The van der Waals surface area contributed by atoms with Gasteiger partial charge in [0.1, 0.15) is 16.2 Å². The normalized spacial score (nSPS) is 11.8. The van der Waals surface area contributed by atoms with Crippen LogP contribution in [0.4, 0.5) is 8.78 Å². The second kappa shape index (κ2) is 5.29. The molecule has 0 radical (unpaired) electrons. The second-order valence-electron chi connectivity index (χ2n) is 4.45. The first kappa shape index (κ1) is 13.6. The van der Waals surface area contributed by atoms with Gasteiger partial charge in [0.25, 0.3) is 0 Å². The summed E-state index contributed by atoms with van der Waals surface area (Å²) in [7, 11) is 0. The summed E-state index contributed by atoms with van der Waals surface area (Å²) < 4.78 is 27.8. The second-order valence-corrected chi connectivity index (χ2v) is 6.30. The molecule has 4 nitrogen and oxygen atoms in total. The minimum atomic E-state index is -2.66. The summed E-state index contributed by atoms with van der Waals surface area (Å²) in [6, 6.07) is 8.75. The van der Waals surface area contributed by atoms with Crippen LogP contribution in [0.1, 0.15) is 6.55 Å². The van der Waals surface area contributed by atoms with E-state index in [9.17, 15) is 8.78 Å². The quantitative estimate of drug-likeness (QED) is 0.514. The molecule has 0 amide bonds. The summed E-state index contributed by atoms with van der Waals surface area (Å²) in [5.41, 5.74) is 0.955. The van der Waals surface area contributed by atoms with Gasteiger partial charge >= 0.3 is 6.55 Å². The third kappa shape index (κ3) is 2.15. The third-order valence-electron chi connectivity index (χ3n) is 3.17. The van der Waals surface area contributed by atoms with Crippen molar-refractivity contribution in [1.29, 1.82) is 0 Å². The van der Waals surface area contributed by atoms with Crippen molar-refractivity contribution in [3.05, 3.63) is 42.0 Å². The Kier molecular flexibility index (Phi) is 3.27. The van der Waals surface area contributed by atoms with Crippen LogP contribution in [-0.2, 0) is 0 Å². The molecule has 0 aliphatic carbocycles. The highest BCUT2D eigenvalue weighted by molar-refractivity contribution is 7.99. The lowest BCUT2D eigenvalue weighted by Gasteiger charge is -2.07. The number of hydrogen-bond acceptors (Lipinski definition) is 5. The van der Waals surface area contributed by atoms with Gasteiger partial charge in [0, 0.05) is 5.39 Å². The van der Waals surface area contributed by atoms with Crippen LogP contribution in [0, 0.1) is 0 Å². The van der Waals surface area contributed by atoms with E-state index in [1.165, 1.54) is 17.7 Å². The molecule has 0 aliphatic rings. The van der Waals surface area contributed by atoms with Crippen molar-refractivity contribution in [2.24, 2.45) is 0 Å². The molecule has 0 saturated heterocycles. The van der Waals surface area contributed by atoms with Gasteiger partial charge in [-0.15, -0.1) is 11.3 Å². The Balaban J connectivity index is 1.87. The van der Waals surface area contributed by atoms with Crippen LogP contribution in [0.25, 0.3) is 21.3 Å². The van der Waals surface area contributed by atoms with Gasteiger partial charge in [-0.2, -0.15) is 8.78 Å². The number of hydrogen-bond donors (Lipinski definition) is 0. The van der Waals surface area contributed by atoms with E-state index in [-0.39, 0.29) is 5.16 Å². The number of fused-ring (bicyclic) bond motifs is 2. The van der Waals surface area contributed by atoms with Crippen molar-refractivity contribution in [1.82, 2.24) is 19.5 Å². The van der Waals surface area contributed by atoms with Crippen molar-refractivity contribution < 1.29 is 8.78 Å². The molecule has 0 atom stereocenters. The average Bonchev–Trinajstić information content (AvgIpc) is 3.10. The van der Waals surface area contributed by atoms with Crippen molar-refractivity contribution >= 4 is 44.3 Å². The molecular formula is C14H8F2N4S2. The molecule has 110 valence electrons. The highest BCUT2D eigenvalue weighted by Crippen LogP contribution is 2.36. The van der Waals surface area contributed by atoms with E-state index < -0.39 is 6.55 Å². The zero-order valence-corrected chi connectivity index (χ0v) is 12.6. The van der Waals surface area contributed by atoms with Crippen molar-refractivity contribution in [2.45, 2.75) is 16.7 Å². The van der Waals surface area contributed by atoms with Gasteiger partial charge < -0.3 is 0 Å². The molecule has 0 fully saturated rings. The van der Waals surface area contributed by atoms with E-state index >= 15 is 0 Å². The van der Waals surface area contributed by atoms with Gasteiger partial charge in [0.15, 0.2) is 5.16 Å². The largest absolute Gasteiger partial charge is 0.321 e. The van der Waals surface area contributed by atoms with Crippen LogP contribution >= 0.6 is 23.1 Å². The summed E-state index contributed by atoms with van der Waals surface area (Å²) >= 11 is 2.62. The zero-order chi connectivity index (χ0) is 15.1. The van der Waals surface area contributed by atoms with Crippen LogP contribution < -0.4 is 0 Å². The first-order chi connectivity index (χ1) is 10.7. The summed E-state index contributed by atoms with van der Waals surface area (Å²) in [6.45, 7) is -2.66. The maximum atomic E-state index is 13.4. The molecular weight excluding hydrogens is 326 g/mol. The van der Waals surface area contributed by atoms with Crippen molar-refractivity contribution in [3.63, 3.8) is 0 Å². The lowest BCUT2D eigenvalue weighted by atomic mass is 10.3. The SMILES string of the molecule is FC(F)n1c(Sc2ncnc3sccc23)nc2ccccc21. The minimum Gasteiger partial charge on any atom is -0.261 e. The van der Waals surface area contributed by atoms with E-state index in [1.807, 2.05) is 11.4 Å². The first-order valence-electron chi connectivity index (χ1n) is 6.35. The smallest absolute Gasteiger partial charge is 0.261 e. The van der Waals surface area contributed by atoms with Gasteiger partial charge in [-0.3, -0.25) is 4.57 Å². The van der Waals surface area contributed by atoms with Gasteiger partial charge in [0.05, 0.1) is 11.0 Å². The summed E-state index contributed by atoms with van der Waals surface area (Å²) in [5, 5.41) is 3.61. The Hall–Kier alpha value is -2.06. The lowest BCUT2D eigenvalue weighted by molar-refractivity contribution is 0.0656. The Morgan fingerprint density at radius 1 is 1.14 bits per heavy atom. The predicted octanol–water partition coefficient (Wildman–Crippen LogP) is 4.59.